The van der Waals surface area contributed by atoms with Crippen LogP contribution in [-0.4, -0.2) is 14.8 Å². The zero-order valence-corrected chi connectivity index (χ0v) is 15.1. The van der Waals surface area contributed by atoms with E-state index in [-0.39, 0.29) is 33.0 Å². The van der Waals surface area contributed by atoms with E-state index in [2.05, 4.69) is 0 Å². The summed E-state index contributed by atoms with van der Waals surface area (Å²) in [7, 11) is -1.93. The lowest BCUT2D eigenvalue weighted by Crippen LogP contribution is -2.25. The van der Waals surface area contributed by atoms with E-state index in [1.165, 1.54) is 54.6 Å². The Morgan fingerprint density at radius 1 is 0.500 bits per heavy atom. The molecule has 0 saturated heterocycles. The summed E-state index contributed by atoms with van der Waals surface area (Å²) in [5.74, 6) is 0. The Morgan fingerprint density at radius 2 is 0.750 bits per heavy atom. The minimum atomic E-state index is -1.93. The summed E-state index contributed by atoms with van der Waals surface area (Å²) in [6, 6.07) is 17.5. The van der Waals surface area contributed by atoms with Crippen molar-refractivity contribution in [3.63, 3.8) is 0 Å². The van der Waals surface area contributed by atoms with Crippen molar-refractivity contribution in [2.24, 2.45) is 0 Å². The average molecular weight is 397 g/mol. The topological polar surface area (TPSA) is 129 Å². The van der Waals surface area contributed by atoms with Crippen LogP contribution in [0.5, 0.6) is 0 Å². The molecule has 0 unspecified atom stereocenters. The largest absolute Gasteiger partial charge is 0.277 e. The average Bonchev–Trinajstić information content (AvgIpc) is 2.69. The summed E-state index contributed by atoms with van der Waals surface area (Å²) in [5, 5.41) is 35.3. The fourth-order valence-electron chi connectivity index (χ4n) is 2.81. The second-order valence-corrected chi connectivity index (χ2v) is 7.69. The van der Waals surface area contributed by atoms with E-state index < -0.39 is 22.7 Å². The third-order valence-electron chi connectivity index (χ3n) is 3.96. The quantitative estimate of drug-likeness (QED) is 0.357. The summed E-state index contributed by atoms with van der Waals surface area (Å²) in [6.45, 7) is 0. The summed E-state index contributed by atoms with van der Waals surface area (Å²) in [6.07, 6.45) is 0. The van der Waals surface area contributed by atoms with Gasteiger partial charge < -0.3 is 0 Å². The van der Waals surface area contributed by atoms with Crippen LogP contribution in [0.1, 0.15) is 0 Å². The highest BCUT2D eigenvalue weighted by molar-refractivity contribution is 7.80. The maximum absolute atomic E-state index is 11.6. The van der Waals surface area contributed by atoms with Gasteiger partial charge in [-0.3, -0.25) is 30.3 Å². The summed E-state index contributed by atoms with van der Waals surface area (Å²) in [5.41, 5.74) is -0.736. The summed E-state index contributed by atoms with van der Waals surface area (Å²) in [4.78, 5) is 33.0. The lowest BCUT2D eigenvalue weighted by Gasteiger charge is -2.18. The number of nitrogens with zero attached hydrogens (tertiary/aromatic N) is 3. The van der Waals surface area contributed by atoms with Gasteiger partial charge >= 0.3 is 0 Å². The Morgan fingerprint density at radius 3 is 1.00 bits per heavy atom. The first-order valence-electron chi connectivity index (χ1n) is 7.92. The van der Waals surface area contributed by atoms with Crippen molar-refractivity contribution < 1.29 is 14.8 Å². The zero-order chi connectivity index (χ0) is 20.3. The molecule has 0 aromatic heterocycles. The maximum atomic E-state index is 11.6. The lowest BCUT2D eigenvalue weighted by atomic mass is 10.3. The molecular weight excluding hydrogens is 385 g/mol. The standard InChI is InChI=1S/C18H12N3O6P/c22-19(23)13-7-1-4-10-16(13)28(17-11-5-2-8-14(17)20(24)25)18-12-6-3-9-15(18)21(26)27/h1-12H. The molecule has 0 bridgehead atoms. The SMILES string of the molecule is O=[N+]([O-])c1ccccc1P(c1ccccc1[N+](=O)[O-])c1ccccc1[N+](=O)[O-]. The molecule has 3 aromatic rings. The van der Waals surface area contributed by atoms with E-state index >= 15 is 0 Å². The number of hydrogen-bond acceptors (Lipinski definition) is 6. The van der Waals surface area contributed by atoms with Crippen molar-refractivity contribution in [2.45, 2.75) is 0 Å². The molecule has 3 rings (SSSR count). The van der Waals surface area contributed by atoms with E-state index in [0.29, 0.717) is 0 Å². The predicted octanol–water partition coefficient (Wildman–Crippen LogP) is 3.17. The fourth-order valence-corrected chi connectivity index (χ4v) is 5.45. The number of nitro groups is 3. The minimum absolute atomic E-state index is 0.200. The van der Waals surface area contributed by atoms with Crippen LogP contribution in [0.2, 0.25) is 0 Å². The molecule has 0 radical (unpaired) electrons. The first kappa shape index (κ1) is 19.1. The van der Waals surface area contributed by atoms with Crippen LogP contribution in [0.15, 0.2) is 72.8 Å². The molecule has 0 aliphatic heterocycles. The van der Waals surface area contributed by atoms with E-state index in [9.17, 15) is 30.3 Å². The molecule has 0 aliphatic rings. The van der Waals surface area contributed by atoms with Crippen molar-refractivity contribution in [3.8, 4) is 0 Å². The van der Waals surface area contributed by atoms with Crippen LogP contribution in [-0.2, 0) is 0 Å². The van der Waals surface area contributed by atoms with Gasteiger partial charge in [0.15, 0.2) is 0 Å². The summed E-state index contributed by atoms with van der Waals surface area (Å²) >= 11 is 0. The molecular formula is C18H12N3O6P. The monoisotopic (exact) mass is 397 g/mol. The zero-order valence-electron chi connectivity index (χ0n) is 14.2. The highest BCUT2D eigenvalue weighted by Gasteiger charge is 2.33. The second kappa shape index (κ2) is 7.89. The predicted molar refractivity (Wildman–Crippen MR) is 105 cm³/mol. The van der Waals surface area contributed by atoms with E-state index in [1.54, 1.807) is 18.2 Å². The smallest absolute Gasteiger partial charge is 0.258 e. The summed E-state index contributed by atoms with van der Waals surface area (Å²) < 4.78 is 0. The van der Waals surface area contributed by atoms with Crippen LogP contribution in [0.3, 0.4) is 0 Å². The van der Waals surface area contributed by atoms with Crippen LogP contribution in [0, 0.1) is 30.3 Å². The maximum Gasteiger partial charge on any atom is 0.277 e. The van der Waals surface area contributed by atoms with Crippen LogP contribution < -0.4 is 15.9 Å². The van der Waals surface area contributed by atoms with Gasteiger partial charge in [-0.2, -0.15) is 0 Å². The molecule has 0 atom stereocenters. The second-order valence-electron chi connectivity index (χ2n) is 5.57. The Bertz CT molecular complexity index is 951. The van der Waals surface area contributed by atoms with Crippen LogP contribution >= 0.6 is 7.92 Å². The van der Waals surface area contributed by atoms with E-state index in [0.717, 1.165) is 0 Å². The molecule has 0 amide bonds. The van der Waals surface area contributed by atoms with Crippen LogP contribution in [0.25, 0.3) is 0 Å². The van der Waals surface area contributed by atoms with Gasteiger partial charge in [-0.05, 0) is 18.2 Å². The Balaban J connectivity index is 2.40. The third-order valence-corrected chi connectivity index (χ3v) is 6.54. The number of nitro benzene ring substituents is 3. The first-order valence-corrected chi connectivity index (χ1v) is 9.26. The van der Waals surface area contributed by atoms with Gasteiger partial charge in [0.25, 0.3) is 17.1 Å². The van der Waals surface area contributed by atoms with Crippen molar-refractivity contribution in [3.05, 3.63) is 103 Å². The molecule has 0 spiro atoms. The van der Waals surface area contributed by atoms with Gasteiger partial charge in [-0.25, -0.2) is 0 Å². The Hall–Kier alpha value is -3.71. The van der Waals surface area contributed by atoms with Crippen molar-refractivity contribution in [2.75, 3.05) is 0 Å². The van der Waals surface area contributed by atoms with Gasteiger partial charge in [0.1, 0.15) is 0 Å². The molecule has 10 heteroatoms. The number of para-hydroxylation sites is 3. The molecule has 0 N–H and O–H groups in total. The highest BCUT2D eigenvalue weighted by atomic mass is 31.1. The minimum Gasteiger partial charge on any atom is -0.258 e. The fraction of sp³-hybridized carbons (Fsp3) is 0. The van der Waals surface area contributed by atoms with Crippen molar-refractivity contribution in [1.82, 2.24) is 0 Å². The molecule has 0 heterocycles. The molecule has 0 fully saturated rings. The molecule has 3 aromatic carbocycles. The molecule has 9 nitrogen and oxygen atoms in total. The van der Waals surface area contributed by atoms with Gasteiger partial charge in [0, 0.05) is 26.1 Å². The lowest BCUT2D eigenvalue weighted by molar-refractivity contribution is -0.383. The highest BCUT2D eigenvalue weighted by Crippen LogP contribution is 2.41. The van der Waals surface area contributed by atoms with Crippen LogP contribution in [0.4, 0.5) is 17.1 Å². The Labute approximate surface area is 159 Å². The van der Waals surface area contributed by atoms with Gasteiger partial charge in [0.05, 0.1) is 30.7 Å². The van der Waals surface area contributed by atoms with Crippen molar-refractivity contribution in [1.29, 1.82) is 0 Å². The molecule has 28 heavy (non-hydrogen) atoms. The van der Waals surface area contributed by atoms with Crippen molar-refractivity contribution >= 4 is 40.9 Å². The molecule has 0 saturated carbocycles. The van der Waals surface area contributed by atoms with Gasteiger partial charge in [0.2, 0.25) is 0 Å². The van der Waals surface area contributed by atoms with Gasteiger partial charge in [-0.1, -0.05) is 36.4 Å². The normalized spacial score (nSPS) is 10.6. The van der Waals surface area contributed by atoms with E-state index in [1.807, 2.05) is 0 Å². The molecule has 0 aliphatic carbocycles. The van der Waals surface area contributed by atoms with E-state index in [4.69, 9.17) is 0 Å². The number of benzene rings is 3. The Kier molecular flexibility index (Phi) is 5.37. The number of hydrogen-bond donors (Lipinski definition) is 0. The number of rotatable bonds is 6. The first-order chi connectivity index (χ1) is 13.4. The molecule has 140 valence electrons. The third kappa shape index (κ3) is 3.56. The van der Waals surface area contributed by atoms with Gasteiger partial charge in [-0.15, -0.1) is 0 Å².